The first kappa shape index (κ1) is 29.0. The molecule has 0 bridgehead atoms. The molecule has 5 nitrogen and oxygen atoms in total. The van der Waals surface area contributed by atoms with Gasteiger partial charge in [0.25, 0.3) is 11.8 Å². The van der Waals surface area contributed by atoms with Crippen LogP contribution in [-0.4, -0.2) is 53.6 Å². The van der Waals surface area contributed by atoms with Crippen molar-refractivity contribution in [2.45, 2.75) is 25.8 Å². The number of rotatable bonds is 10. The summed E-state index contributed by atoms with van der Waals surface area (Å²) in [5, 5.41) is 9.16. The number of hydrogen-bond donors (Lipinski definition) is 1. The van der Waals surface area contributed by atoms with Crippen LogP contribution in [0.4, 0.5) is 0 Å². The molecule has 0 fully saturated rings. The van der Waals surface area contributed by atoms with Crippen LogP contribution in [0, 0.1) is 0 Å². The SMILES string of the molecule is O=C(O)C(Cc1ccccc1)N1C(=O)C=CC1=O.c1ccc([CH2][Sn]([CH2]c2ccccc2)[CH2]c2ccccc2)cc1. The van der Waals surface area contributed by atoms with Gasteiger partial charge in [-0.25, -0.2) is 4.79 Å². The van der Waals surface area contributed by atoms with Gasteiger partial charge in [-0.2, -0.15) is 0 Å². The summed E-state index contributed by atoms with van der Waals surface area (Å²) >= 11 is -1.56. The van der Waals surface area contributed by atoms with Crippen molar-refractivity contribution in [2.24, 2.45) is 0 Å². The Morgan fingerprint density at radius 2 is 0.900 bits per heavy atom. The van der Waals surface area contributed by atoms with E-state index in [0.29, 0.717) is 0 Å². The summed E-state index contributed by atoms with van der Waals surface area (Å²) in [5.74, 6) is -2.35. The van der Waals surface area contributed by atoms with Crippen molar-refractivity contribution >= 4 is 37.5 Å². The minimum absolute atomic E-state index is 0.106. The van der Waals surface area contributed by atoms with E-state index < -0.39 is 43.6 Å². The summed E-state index contributed by atoms with van der Waals surface area (Å²) in [4.78, 5) is 34.9. The van der Waals surface area contributed by atoms with Crippen LogP contribution in [0.1, 0.15) is 22.3 Å². The Bertz CT molecular complexity index is 1290. The van der Waals surface area contributed by atoms with E-state index in [4.69, 9.17) is 5.11 Å². The van der Waals surface area contributed by atoms with Crippen LogP contribution < -0.4 is 0 Å². The van der Waals surface area contributed by atoms with Gasteiger partial charge in [-0.15, -0.1) is 0 Å². The Hall–Kier alpha value is -3.97. The van der Waals surface area contributed by atoms with Gasteiger partial charge in [0.1, 0.15) is 6.04 Å². The van der Waals surface area contributed by atoms with Gasteiger partial charge in [-0.3, -0.25) is 14.5 Å². The van der Waals surface area contributed by atoms with Crippen molar-refractivity contribution < 1.29 is 19.5 Å². The number of amides is 2. The molecule has 1 radical (unpaired) electrons. The molecule has 5 rings (SSSR count). The van der Waals surface area contributed by atoms with Crippen molar-refractivity contribution in [3.8, 4) is 0 Å². The first-order chi connectivity index (χ1) is 19.5. The number of carboxylic acids is 1. The fraction of sp³-hybridized carbons (Fsp3) is 0.147. The molecule has 40 heavy (non-hydrogen) atoms. The van der Waals surface area contributed by atoms with Gasteiger partial charge in [0.2, 0.25) is 0 Å². The molecule has 6 heteroatoms. The average molecular weight is 637 g/mol. The molecular weight excluding hydrogens is 605 g/mol. The van der Waals surface area contributed by atoms with Crippen LogP contribution in [0.3, 0.4) is 0 Å². The Balaban J connectivity index is 0.000000189. The number of aliphatic carboxylic acids is 1. The Morgan fingerprint density at radius 3 is 1.23 bits per heavy atom. The molecule has 0 saturated heterocycles. The topological polar surface area (TPSA) is 74.7 Å². The monoisotopic (exact) mass is 638 g/mol. The molecule has 0 spiro atoms. The van der Waals surface area contributed by atoms with Crippen molar-refractivity contribution in [3.05, 3.63) is 156 Å². The Labute approximate surface area is 242 Å². The van der Waals surface area contributed by atoms with Gasteiger partial charge in [-0.05, 0) is 5.56 Å². The van der Waals surface area contributed by atoms with Gasteiger partial charge in [0.05, 0.1) is 0 Å². The van der Waals surface area contributed by atoms with E-state index in [9.17, 15) is 14.4 Å². The molecule has 1 heterocycles. The van der Waals surface area contributed by atoms with Crippen molar-refractivity contribution in [3.63, 3.8) is 0 Å². The maximum atomic E-state index is 11.5. The molecule has 0 aliphatic carbocycles. The minimum atomic E-state index is -1.56. The molecule has 1 aliphatic heterocycles. The second kappa shape index (κ2) is 15.0. The van der Waals surface area contributed by atoms with Gasteiger partial charge in [0.15, 0.2) is 0 Å². The number of carbonyl (C=O) groups is 3. The fourth-order valence-electron chi connectivity index (χ4n) is 4.69. The normalized spacial score (nSPS) is 13.2. The van der Waals surface area contributed by atoms with E-state index in [-0.39, 0.29) is 6.42 Å². The number of nitrogens with zero attached hydrogens (tertiary/aromatic N) is 1. The van der Waals surface area contributed by atoms with E-state index in [1.54, 1.807) is 24.3 Å². The van der Waals surface area contributed by atoms with Crippen LogP contribution in [-0.2, 0) is 34.1 Å². The summed E-state index contributed by atoms with van der Waals surface area (Å²) < 4.78 is 3.98. The van der Waals surface area contributed by atoms with Crippen LogP contribution in [0.15, 0.2) is 133 Å². The number of hydrogen-bond acceptors (Lipinski definition) is 3. The van der Waals surface area contributed by atoms with Gasteiger partial charge in [0, 0.05) is 18.6 Å². The molecule has 1 unspecified atom stereocenters. The predicted molar refractivity (Wildman–Crippen MR) is 159 cm³/mol. The molecule has 1 atom stereocenters. The van der Waals surface area contributed by atoms with Crippen LogP contribution in [0.25, 0.3) is 0 Å². The standard InChI is InChI=1S/C13H11NO4.3C7H7.Sn/c15-11-6-7-12(16)14(11)10(13(17)18)8-9-4-2-1-3-5-9;3*1-7-5-3-2-4-6-7;/h1-7,10H,8H2,(H,17,18);3*2-6H,1H2;. The van der Waals surface area contributed by atoms with Crippen molar-refractivity contribution in [1.29, 1.82) is 0 Å². The molecule has 4 aromatic rings. The Morgan fingerprint density at radius 1 is 0.575 bits per heavy atom. The molecule has 2 amide bonds. The third-order valence-electron chi connectivity index (χ3n) is 6.60. The first-order valence-corrected chi connectivity index (χ1v) is 19.3. The van der Waals surface area contributed by atoms with E-state index in [2.05, 4.69) is 91.0 Å². The molecule has 0 aromatic heterocycles. The van der Waals surface area contributed by atoms with Gasteiger partial charge >= 0.3 is 147 Å². The molecular formula is C34H32NO4Sn. The quantitative estimate of drug-likeness (QED) is 0.186. The Kier molecular flexibility index (Phi) is 10.9. The molecule has 1 aliphatic rings. The van der Waals surface area contributed by atoms with E-state index in [0.717, 1.165) is 22.6 Å². The third-order valence-corrected chi connectivity index (χ3v) is 14.4. The van der Waals surface area contributed by atoms with Crippen molar-refractivity contribution in [1.82, 2.24) is 4.90 Å². The first-order valence-electron chi connectivity index (χ1n) is 13.3. The van der Waals surface area contributed by atoms with E-state index in [1.165, 1.54) is 30.0 Å². The predicted octanol–water partition coefficient (Wildman–Crippen LogP) is 5.43. The molecule has 1 N–H and O–H groups in total. The van der Waals surface area contributed by atoms with Gasteiger partial charge < -0.3 is 5.11 Å². The van der Waals surface area contributed by atoms with Gasteiger partial charge in [-0.1, -0.05) is 30.3 Å². The molecule has 4 aromatic carbocycles. The van der Waals surface area contributed by atoms with Crippen LogP contribution in [0.5, 0.6) is 0 Å². The molecule has 201 valence electrons. The second-order valence-corrected chi connectivity index (χ2v) is 17.0. The summed E-state index contributed by atoms with van der Waals surface area (Å²) in [5.41, 5.74) is 5.31. The second-order valence-electron chi connectivity index (χ2n) is 9.66. The summed E-state index contributed by atoms with van der Waals surface area (Å²) in [7, 11) is 0. The summed E-state index contributed by atoms with van der Waals surface area (Å²) in [6.07, 6.45) is 2.28. The maximum absolute atomic E-state index is 11.5. The van der Waals surface area contributed by atoms with E-state index in [1.807, 2.05) is 6.07 Å². The fourth-order valence-corrected chi connectivity index (χ4v) is 12.7. The number of carbonyl (C=O) groups excluding carboxylic acids is 2. The average Bonchev–Trinajstić information content (AvgIpc) is 3.31. The third kappa shape index (κ3) is 8.78. The molecule has 0 saturated carbocycles. The summed E-state index contributed by atoms with van der Waals surface area (Å²) in [6.45, 7) is 0. The van der Waals surface area contributed by atoms with Crippen LogP contribution >= 0.6 is 0 Å². The number of carboxylic acid groups (broad SMARTS) is 1. The number of benzene rings is 4. The van der Waals surface area contributed by atoms with Crippen molar-refractivity contribution in [2.75, 3.05) is 0 Å². The zero-order valence-electron chi connectivity index (χ0n) is 22.2. The van der Waals surface area contributed by atoms with Crippen LogP contribution in [0.2, 0.25) is 0 Å². The number of imide groups is 1. The summed E-state index contributed by atoms with van der Waals surface area (Å²) in [6, 6.07) is 40.8. The zero-order chi connectivity index (χ0) is 28.2. The van der Waals surface area contributed by atoms with E-state index >= 15 is 0 Å². The zero-order valence-corrected chi connectivity index (χ0v) is 25.1.